The Morgan fingerprint density at radius 2 is 0.852 bits per heavy atom. The highest BCUT2D eigenvalue weighted by Crippen LogP contribution is 2.42. The first-order valence-electron chi connectivity index (χ1n) is 9.16. The average Bonchev–Trinajstić information content (AvgIpc) is 2.73. The van der Waals surface area contributed by atoms with Crippen LogP contribution in [0, 0.1) is 3.57 Å². The maximum atomic E-state index is 2.51. The predicted octanol–water partition coefficient (Wildman–Crippen LogP) is 8.06. The monoisotopic (exact) mass is 454 g/mol. The fourth-order valence-corrected chi connectivity index (χ4v) is 5.44. The van der Waals surface area contributed by atoms with Gasteiger partial charge in [0.2, 0.25) is 0 Å². The predicted molar refractivity (Wildman–Crippen MR) is 127 cm³/mol. The molecule has 27 heavy (non-hydrogen) atoms. The van der Waals surface area contributed by atoms with Gasteiger partial charge in [-0.3, -0.25) is 0 Å². The third-order valence-electron chi connectivity index (χ3n) is 5.68. The van der Waals surface area contributed by atoms with Crippen LogP contribution in [-0.4, -0.2) is 0 Å². The van der Waals surface area contributed by atoms with E-state index >= 15 is 0 Å². The summed E-state index contributed by atoms with van der Waals surface area (Å²) in [6.07, 6.45) is 0. The van der Waals surface area contributed by atoms with Crippen molar-refractivity contribution in [3.63, 3.8) is 0 Å². The van der Waals surface area contributed by atoms with Crippen molar-refractivity contribution in [2.45, 2.75) is 0 Å². The Morgan fingerprint density at radius 3 is 1.52 bits per heavy atom. The van der Waals surface area contributed by atoms with Gasteiger partial charge in [-0.1, -0.05) is 84.9 Å². The Labute approximate surface area is 170 Å². The Hall–Kier alpha value is -2.65. The van der Waals surface area contributed by atoms with E-state index in [4.69, 9.17) is 0 Å². The molecule has 0 saturated carbocycles. The van der Waals surface area contributed by atoms with Crippen LogP contribution >= 0.6 is 22.6 Å². The summed E-state index contributed by atoms with van der Waals surface area (Å²) in [4.78, 5) is 0. The Bertz CT molecular complexity index is 1490. The standard InChI is InChI=1S/C26H15I/c27-24-15-16-7-1-2-8-17(16)22-13-14-23-20-11-4-3-9-18(20)19-10-5-6-12-21(19)25(23)26(22)24/h1-15H. The molecule has 0 aromatic heterocycles. The average molecular weight is 454 g/mol. The fourth-order valence-electron chi connectivity index (χ4n) is 4.55. The van der Waals surface area contributed by atoms with Crippen LogP contribution in [-0.2, 0) is 0 Å². The van der Waals surface area contributed by atoms with Crippen molar-refractivity contribution < 1.29 is 0 Å². The van der Waals surface area contributed by atoms with Gasteiger partial charge in [-0.25, -0.2) is 0 Å². The van der Waals surface area contributed by atoms with Crippen LogP contribution in [0.4, 0.5) is 0 Å². The van der Waals surface area contributed by atoms with Gasteiger partial charge in [0, 0.05) is 8.96 Å². The molecule has 0 radical (unpaired) electrons. The second-order valence-electron chi connectivity index (χ2n) is 7.08. The number of hydrogen-bond acceptors (Lipinski definition) is 0. The third kappa shape index (κ3) is 2.09. The normalized spacial score (nSPS) is 11.9. The molecule has 126 valence electrons. The molecule has 6 rings (SSSR count). The van der Waals surface area contributed by atoms with Gasteiger partial charge < -0.3 is 0 Å². The fraction of sp³-hybridized carbons (Fsp3) is 0. The van der Waals surface area contributed by atoms with Crippen LogP contribution in [0.5, 0.6) is 0 Å². The zero-order chi connectivity index (χ0) is 18.0. The van der Waals surface area contributed by atoms with Gasteiger partial charge in [0.1, 0.15) is 0 Å². The molecule has 0 saturated heterocycles. The van der Waals surface area contributed by atoms with Crippen LogP contribution in [0.1, 0.15) is 0 Å². The molecule has 0 nitrogen and oxygen atoms in total. The number of benzene rings is 6. The largest absolute Gasteiger partial charge is 0.0616 e. The maximum absolute atomic E-state index is 2.51. The molecule has 0 aliphatic heterocycles. The molecule has 0 atom stereocenters. The first-order chi connectivity index (χ1) is 13.3. The number of halogens is 1. The van der Waals surface area contributed by atoms with Gasteiger partial charge in [-0.05, 0) is 77.1 Å². The molecular formula is C26H15I. The second-order valence-corrected chi connectivity index (χ2v) is 8.24. The molecule has 1 heteroatoms. The zero-order valence-electron chi connectivity index (χ0n) is 14.5. The van der Waals surface area contributed by atoms with E-state index in [1.165, 1.54) is 57.4 Å². The number of rotatable bonds is 0. The molecule has 0 unspecified atom stereocenters. The highest BCUT2D eigenvalue weighted by molar-refractivity contribution is 14.1. The lowest BCUT2D eigenvalue weighted by atomic mass is 9.90. The minimum atomic E-state index is 1.30. The van der Waals surface area contributed by atoms with Gasteiger partial charge in [-0.15, -0.1) is 0 Å². The highest BCUT2D eigenvalue weighted by atomic mass is 127. The van der Waals surface area contributed by atoms with Crippen molar-refractivity contribution in [2.24, 2.45) is 0 Å². The van der Waals surface area contributed by atoms with E-state index in [0.29, 0.717) is 0 Å². The Balaban J connectivity index is 2.02. The summed E-state index contributed by atoms with van der Waals surface area (Å²) >= 11 is 2.51. The zero-order valence-corrected chi connectivity index (χ0v) is 16.7. The Morgan fingerprint density at radius 1 is 0.407 bits per heavy atom. The van der Waals surface area contributed by atoms with Crippen LogP contribution < -0.4 is 0 Å². The van der Waals surface area contributed by atoms with E-state index in [0.717, 1.165) is 0 Å². The third-order valence-corrected chi connectivity index (χ3v) is 6.53. The van der Waals surface area contributed by atoms with Crippen LogP contribution in [0.25, 0.3) is 53.9 Å². The summed E-state index contributed by atoms with van der Waals surface area (Å²) in [6, 6.07) is 33.3. The molecule has 0 bridgehead atoms. The first-order valence-corrected chi connectivity index (χ1v) is 10.2. The maximum Gasteiger partial charge on any atom is 0.0221 e. The molecule has 0 spiro atoms. The first kappa shape index (κ1) is 15.4. The van der Waals surface area contributed by atoms with E-state index in [1.807, 2.05) is 0 Å². The molecule has 0 amide bonds. The SMILES string of the molecule is Ic1cc2ccccc2c2ccc3c4ccccc4c4ccccc4c3c12. The van der Waals surface area contributed by atoms with Crippen molar-refractivity contribution >= 4 is 76.5 Å². The molecule has 0 heterocycles. The second kappa shape index (κ2) is 5.67. The molecule has 0 N–H and O–H groups in total. The lowest BCUT2D eigenvalue weighted by Gasteiger charge is -2.15. The van der Waals surface area contributed by atoms with Gasteiger partial charge in [0.05, 0.1) is 0 Å². The van der Waals surface area contributed by atoms with E-state index < -0.39 is 0 Å². The quantitative estimate of drug-likeness (QED) is 0.161. The van der Waals surface area contributed by atoms with E-state index in [-0.39, 0.29) is 0 Å². The smallest absolute Gasteiger partial charge is 0.0221 e. The number of fused-ring (bicyclic) bond motifs is 10. The van der Waals surface area contributed by atoms with Gasteiger partial charge in [-0.2, -0.15) is 0 Å². The molecule has 0 aliphatic rings. The van der Waals surface area contributed by atoms with E-state index in [2.05, 4.69) is 114 Å². The minimum Gasteiger partial charge on any atom is -0.0616 e. The molecule has 0 fully saturated rings. The summed E-state index contributed by atoms with van der Waals surface area (Å²) in [5.41, 5.74) is 0. The van der Waals surface area contributed by atoms with Gasteiger partial charge in [0.15, 0.2) is 0 Å². The van der Waals surface area contributed by atoms with Crippen LogP contribution in [0.15, 0.2) is 91.0 Å². The van der Waals surface area contributed by atoms with E-state index in [1.54, 1.807) is 0 Å². The van der Waals surface area contributed by atoms with Gasteiger partial charge >= 0.3 is 0 Å². The van der Waals surface area contributed by atoms with Crippen molar-refractivity contribution in [1.29, 1.82) is 0 Å². The topological polar surface area (TPSA) is 0 Å². The van der Waals surface area contributed by atoms with Gasteiger partial charge in [0.25, 0.3) is 0 Å². The molecule has 0 aliphatic carbocycles. The summed E-state index contributed by atoms with van der Waals surface area (Å²) in [6.45, 7) is 0. The van der Waals surface area contributed by atoms with Crippen molar-refractivity contribution in [3.8, 4) is 0 Å². The molecule has 6 aromatic rings. The summed E-state index contributed by atoms with van der Waals surface area (Å²) in [7, 11) is 0. The van der Waals surface area contributed by atoms with Crippen molar-refractivity contribution in [1.82, 2.24) is 0 Å². The lowest BCUT2D eigenvalue weighted by Crippen LogP contribution is -1.88. The van der Waals surface area contributed by atoms with E-state index in [9.17, 15) is 0 Å². The summed E-state index contributed by atoms with van der Waals surface area (Å²) in [5.74, 6) is 0. The summed E-state index contributed by atoms with van der Waals surface area (Å²) < 4.78 is 1.31. The summed E-state index contributed by atoms with van der Waals surface area (Å²) in [5, 5.41) is 13.4. The van der Waals surface area contributed by atoms with Crippen LogP contribution in [0.3, 0.4) is 0 Å². The lowest BCUT2D eigenvalue weighted by molar-refractivity contribution is 1.76. The highest BCUT2D eigenvalue weighted by Gasteiger charge is 2.14. The number of hydrogen-bond donors (Lipinski definition) is 0. The Kier molecular flexibility index (Phi) is 3.24. The van der Waals surface area contributed by atoms with Crippen molar-refractivity contribution in [3.05, 3.63) is 94.6 Å². The molecule has 6 aromatic carbocycles. The van der Waals surface area contributed by atoms with Crippen LogP contribution in [0.2, 0.25) is 0 Å². The van der Waals surface area contributed by atoms with Crippen molar-refractivity contribution in [2.75, 3.05) is 0 Å². The minimum absolute atomic E-state index is 1.30. The molecular weight excluding hydrogens is 439 g/mol.